The first-order valence-electron chi connectivity index (χ1n) is 6.26. The third-order valence-electron chi connectivity index (χ3n) is 2.38. The quantitative estimate of drug-likeness (QED) is 0.718. The van der Waals surface area contributed by atoms with Crippen molar-refractivity contribution in [1.29, 1.82) is 0 Å². The molecule has 0 aliphatic heterocycles. The highest BCUT2D eigenvalue weighted by molar-refractivity contribution is 5.77. The van der Waals surface area contributed by atoms with Gasteiger partial charge in [-0.1, -0.05) is 17.7 Å². The van der Waals surface area contributed by atoms with Gasteiger partial charge in [0, 0.05) is 19.8 Å². The number of carbonyl (C=O) groups excluding carboxylic acids is 1. The Kier molecular flexibility index (Phi) is 6.87. The summed E-state index contributed by atoms with van der Waals surface area (Å²) in [6.45, 7) is 6.02. The smallest absolute Gasteiger partial charge is 0.257 e. The summed E-state index contributed by atoms with van der Waals surface area (Å²) >= 11 is 0. The Morgan fingerprint density at radius 1 is 1.28 bits per heavy atom. The third kappa shape index (κ3) is 6.25. The summed E-state index contributed by atoms with van der Waals surface area (Å²) in [5.74, 6) is 0.608. The van der Waals surface area contributed by atoms with Crippen LogP contribution in [0.3, 0.4) is 0 Å². The minimum Gasteiger partial charge on any atom is -0.484 e. The lowest BCUT2D eigenvalue weighted by atomic mass is 10.2. The second kappa shape index (κ2) is 8.53. The Hall–Kier alpha value is -1.55. The van der Waals surface area contributed by atoms with Crippen molar-refractivity contribution in [3.8, 4) is 5.75 Å². The molecule has 1 amide bonds. The van der Waals surface area contributed by atoms with Crippen molar-refractivity contribution in [3.63, 3.8) is 0 Å². The second-order valence-electron chi connectivity index (χ2n) is 4.00. The van der Waals surface area contributed by atoms with Crippen molar-refractivity contribution in [3.05, 3.63) is 29.8 Å². The van der Waals surface area contributed by atoms with E-state index in [-0.39, 0.29) is 12.5 Å². The van der Waals surface area contributed by atoms with Crippen LogP contribution in [0.2, 0.25) is 0 Å². The van der Waals surface area contributed by atoms with E-state index >= 15 is 0 Å². The summed E-state index contributed by atoms with van der Waals surface area (Å²) in [4.78, 5) is 11.4. The number of hydrogen-bond acceptors (Lipinski definition) is 3. The van der Waals surface area contributed by atoms with Crippen LogP contribution in [0.4, 0.5) is 0 Å². The van der Waals surface area contributed by atoms with Crippen molar-refractivity contribution in [2.75, 3.05) is 26.4 Å². The molecule has 0 bridgehead atoms. The first-order valence-corrected chi connectivity index (χ1v) is 6.26. The van der Waals surface area contributed by atoms with Crippen LogP contribution in [0.5, 0.6) is 5.75 Å². The zero-order valence-electron chi connectivity index (χ0n) is 11.1. The van der Waals surface area contributed by atoms with Gasteiger partial charge in [-0.3, -0.25) is 4.79 Å². The summed E-state index contributed by atoms with van der Waals surface area (Å²) < 4.78 is 10.5. The third-order valence-corrected chi connectivity index (χ3v) is 2.38. The van der Waals surface area contributed by atoms with Gasteiger partial charge in [-0.15, -0.1) is 0 Å². The summed E-state index contributed by atoms with van der Waals surface area (Å²) in [5.41, 5.74) is 1.17. The molecule has 18 heavy (non-hydrogen) atoms. The number of carbonyl (C=O) groups is 1. The molecule has 0 fully saturated rings. The number of benzene rings is 1. The molecule has 0 heterocycles. The topological polar surface area (TPSA) is 47.6 Å². The molecule has 0 aliphatic rings. The summed E-state index contributed by atoms with van der Waals surface area (Å²) in [5, 5.41) is 2.78. The number of rotatable bonds is 8. The lowest BCUT2D eigenvalue weighted by Gasteiger charge is -2.07. The number of hydrogen-bond donors (Lipinski definition) is 1. The Morgan fingerprint density at radius 2 is 2.00 bits per heavy atom. The highest BCUT2D eigenvalue weighted by Crippen LogP contribution is 2.10. The second-order valence-corrected chi connectivity index (χ2v) is 4.00. The van der Waals surface area contributed by atoms with Crippen LogP contribution in [0.15, 0.2) is 24.3 Å². The van der Waals surface area contributed by atoms with E-state index in [1.807, 2.05) is 38.1 Å². The zero-order chi connectivity index (χ0) is 13.2. The molecule has 1 rings (SSSR count). The fourth-order valence-electron chi connectivity index (χ4n) is 1.38. The largest absolute Gasteiger partial charge is 0.484 e. The number of nitrogens with one attached hydrogen (secondary N) is 1. The van der Waals surface area contributed by atoms with Crippen molar-refractivity contribution in [2.24, 2.45) is 0 Å². The van der Waals surface area contributed by atoms with Gasteiger partial charge < -0.3 is 14.8 Å². The van der Waals surface area contributed by atoms with E-state index in [0.29, 0.717) is 25.5 Å². The normalized spacial score (nSPS) is 10.1. The lowest BCUT2D eigenvalue weighted by molar-refractivity contribution is -0.123. The average molecular weight is 251 g/mol. The monoisotopic (exact) mass is 251 g/mol. The van der Waals surface area contributed by atoms with E-state index in [2.05, 4.69) is 5.32 Å². The van der Waals surface area contributed by atoms with Gasteiger partial charge in [-0.05, 0) is 32.4 Å². The highest BCUT2D eigenvalue weighted by Gasteiger charge is 2.01. The van der Waals surface area contributed by atoms with Crippen molar-refractivity contribution >= 4 is 5.91 Å². The molecule has 100 valence electrons. The fraction of sp³-hybridized carbons (Fsp3) is 0.500. The molecular weight excluding hydrogens is 230 g/mol. The van der Waals surface area contributed by atoms with Crippen LogP contribution >= 0.6 is 0 Å². The SMILES string of the molecule is CCOCCCNC(=O)COc1ccc(C)cc1. The number of aryl methyl sites for hydroxylation is 1. The van der Waals surface area contributed by atoms with Gasteiger partial charge in [-0.2, -0.15) is 0 Å². The number of amides is 1. The predicted molar refractivity (Wildman–Crippen MR) is 70.8 cm³/mol. The maximum atomic E-state index is 11.4. The van der Waals surface area contributed by atoms with Gasteiger partial charge in [0.1, 0.15) is 5.75 Å². The molecule has 0 unspecified atom stereocenters. The van der Waals surface area contributed by atoms with Crippen LogP contribution in [0, 0.1) is 6.92 Å². The predicted octanol–water partition coefficient (Wildman–Crippen LogP) is 1.92. The van der Waals surface area contributed by atoms with Crippen LogP contribution < -0.4 is 10.1 Å². The van der Waals surface area contributed by atoms with E-state index in [1.54, 1.807) is 0 Å². The molecule has 1 aromatic carbocycles. The van der Waals surface area contributed by atoms with Crippen molar-refractivity contribution < 1.29 is 14.3 Å². The molecule has 0 saturated heterocycles. The molecule has 4 nitrogen and oxygen atoms in total. The van der Waals surface area contributed by atoms with Crippen LogP contribution in [-0.2, 0) is 9.53 Å². The fourth-order valence-corrected chi connectivity index (χ4v) is 1.38. The van der Waals surface area contributed by atoms with Crippen molar-refractivity contribution in [1.82, 2.24) is 5.32 Å². The van der Waals surface area contributed by atoms with Crippen molar-refractivity contribution in [2.45, 2.75) is 20.3 Å². The maximum absolute atomic E-state index is 11.4. The van der Waals surface area contributed by atoms with E-state index in [1.165, 1.54) is 5.56 Å². The maximum Gasteiger partial charge on any atom is 0.257 e. The Labute approximate surface area is 108 Å². The van der Waals surface area contributed by atoms with Gasteiger partial charge in [0.25, 0.3) is 5.91 Å². The first-order chi connectivity index (χ1) is 8.72. The van der Waals surface area contributed by atoms with Gasteiger partial charge in [0.15, 0.2) is 6.61 Å². The first kappa shape index (κ1) is 14.5. The van der Waals surface area contributed by atoms with E-state index in [4.69, 9.17) is 9.47 Å². The molecule has 1 N–H and O–H groups in total. The van der Waals surface area contributed by atoms with E-state index < -0.39 is 0 Å². The van der Waals surface area contributed by atoms with Gasteiger partial charge in [0.2, 0.25) is 0 Å². The Balaban J connectivity index is 2.11. The van der Waals surface area contributed by atoms with E-state index in [9.17, 15) is 4.79 Å². The van der Waals surface area contributed by atoms with Gasteiger partial charge in [-0.25, -0.2) is 0 Å². The molecule has 0 spiro atoms. The van der Waals surface area contributed by atoms with Gasteiger partial charge in [0.05, 0.1) is 0 Å². The van der Waals surface area contributed by atoms with Gasteiger partial charge >= 0.3 is 0 Å². The van der Waals surface area contributed by atoms with Crippen LogP contribution in [0.1, 0.15) is 18.9 Å². The summed E-state index contributed by atoms with van der Waals surface area (Å²) in [7, 11) is 0. The minimum atomic E-state index is -0.105. The molecule has 0 atom stereocenters. The molecule has 4 heteroatoms. The van der Waals surface area contributed by atoms with E-state index in [0.717, 1.165) is 6.42 Å². The van der Waals surface area contributed by atoms with Crippen LogP contribution in [-0.4, -0.2) is 32.3 Å². The standard InChI is InChI=1S/C14H21NO3/c1-3-17-10-4-9-15-14(16)11-18-13-7-5-12(2)6-8-13/h5-8H,3-4,9-11H2,1-2H3,(H,15,16). The summed E-state index contributed by atoms with van der Waals surface area (Å²) in [6, 6.07) is 7.63. The molecule has 1 aromatic rings. The molecule has 0 saturated carbocycles. The number of ether oxygens (including phenoxy) is 2. The Morgan fingerprint density at radius 3 is 2.67 bits per heavy atom. The zero-order valence-corrected chi connectivity index (χ0v) is 11.1. The lowest BCUT2D eigenvalue weighted by Crippen LogP contribution is -2.30. The molecule has 0 radical (unpaired) electrons. The summed E-state index contributed by atoms with van der Waals surface area (Å²) in [6.07, 6.45) is 0.824. The Bertz CT molecular complexity index is 349. The molecule has 0 aromatic heterocycles. The highest BCUT2D eigenvalue weighted by atomic mass is 16.5. The minimum absolute atomic E-state index is 0.0533. The van der Waals surface area contributed by atoms with Crippen LogP contribution in [0.25, 0.3) is 0 Å². The molecular formula is C14H21NO3. The molecule has 0 aliphatic carbocycles. The average Bonchev–Trinajstić information content (AvgIpc) is 2.38.